The van der Waals surface area contributed by atoms with Gasteiger partial charge in [-0.1, -0.05) is 44.6 Å². The lowest BCUT2D eigenvalue weighted by Gasteiger charge is -2.20. The van der Waals surface area contributed by atoms with Gasteiger partial charge in [0.1, 0.15) is 0 Å². The summed E-state index contributed by atoms with van der Waals surface area (Å²) < 4.78 is 0. The van der Waals surface area contributed by atoms with E-state index in [1.807, 2.05) is 0 Å². The average molecular weight is 148 g/mol. The maximum atomic E-state index is 5.24. The SMILES string of the molecule is C#CC(=C)CC1CCCCC1. The van der Waals surface area contributed by atoms with Crippen LogP contribution in [0.1, 0.15) is 38.5 Å². The lowest BCUT2D eigenvalue weighted by Crippen LogP contribution is -2.06. The third-order valence-electron chi connectivity index (χ3n) is 2.46. The van der Waals surface area contributed by atoms with E-state index in [4.69, 9.17) is 6.42 Å². The quantitative estimate of drug-likeness (QED) is 0.528. The number of hydrogen-bond acceptors (Lipinski definition) is 0. The lowest BCUT2D eigenvalue weighted by molar-refractivity contribution is 0.358. The molecule has 60 valence electrons. The fourth-order valence-corrected chi connectivity index (χ4v) is 1.80. The van der Waals surface area contributed by atoms with Gasteiger partial charge in [-0.3, -0.25) is 0 Å². The molecule has 0 aromatic carbocycles. The number of hydrogen-bond donors (Lipinski definition) is 0. The predicted octanol–water partition coefficient (Wildman–Crippen LogP) is 3.15. The second-order valence-electron chi connectivity index (χ2n) is 3.46. The molecule has 1 aliphatic carbocycles. The van der Waals surface area contributed by atoms with Crippen LogP contribution in [-0.4, -0.2) is 0 Å². The zero-order valence-corrected chi connectivity index (χ0v) is 7.10. The van der Waals surface area contributed by atoms with Crippen molar-refractivity contribution in [3.8, 4) is 12.3 Å². The smallest absolute Gasteiger partial charge is 0.00515 e. The molecular weight excluding hydrogens is 132 g/mol. The van der Waals surface area contributed by atoms with Crippen LogP contribution in [0.5, 0.6) is 0 Å². The van der Waals surface area contributed by atoms with Gasteiger partial charge in [0.25, 0.3) is 0 Å². The maximum Gasteiger partial charge on any atom is -0.00515 e. The van der Waals surface area contributed by atoms with Crippen LogP contribution in [0.15, 0.2) is 12.2 Å². The highest BCUT2D eigenvalue weighted by Crippen LogP contribution is 2.27. The van der Waals surface area contributed by atoms with E-state index in [0.717, 1.165) is 17.9 Å². The number of terminal acetylenes is 1. The Morgan fingerprint density at radius 2 is 2.00 bits per heavy atom. The van der Waals surface area contributed by atoms with E-state index in [0.29, 0.717) is 0 Å². The minimum atomic E-state index is 0.840. The lowest BCUT2D eigenvalue weighted by atomic mass is 9.85. The van der Waals surface area contributed by atoms with Crippen molar-refractivity contribution >= 4 is 0 Å². The highest BCUT2D eigenvalue weighted by atomic mass is 14.2. The monoisotopic (exact) mass is 148 g/mol. The molecule has 1 fully saturated rings. The standard InChI is InChI=1S/C11H16/c1-3-10(2)9-11-7-5-4-6-8-11/h1,11H,2,4-9H2. The van der Waals surface area contributed by atoms with Crippen LogP contribution in [-0.2, 0) is 0 Å². The molecule has 0 bridgehead atoms. The van der Waals surface area contributed by atoms with Crippen LogP contribution >= 0.6 is 0 Å². The van der Waals surface area contributed by atoms with E-state index in [9.17, 15) is 0 Å². The molecule has 0 aromatic rings. The summed E-state index contributed by atoms with van der Waals surface area (Å²) in [5.74, 6) is 3.46. The molecule has 0 radical (unpaired) electrons. The van der Waals surface area contributed by atoms with Crippen molar-refractivity contribution in [1.29, 1.82) is 0 Å². The predicted molar refractivity (Wildman–Crippen MR) is 49.2 cm³/mol. The second-order valence-corrected chi connectivity index (χ2v) is 3.46. The Bertz CT molecular complexity index is 165. The molecule has 0 aliphatic heterocycles. The minimum absolute atomic E-state index is 0.840. The first-order valence-corrected chi connectivity index (χ1v) is 4.47. The molecule has 11 heavy (non-hydrogen) atoms. The number of rotatable bonds is 2. The highest BCUT2D eigenvalue weighted by molar-refractivity contribution is 5.21. The Balaban J connectivity index is 2.25. The first-order chi connectivity index (χ1) is 5.33. The molecule has 1 aliphatic rings. The van der Waals surface area contributed by atoms with Gasteiger partial charge in [-0.05, 0) is 17.9 Å². The van der Waals surface area contributed by atoms with Gasteiger partial charge in [-0.25, -0.2) is 0 Å². The summed E-state index contributed by atoms with van der Waals surface area (Å²) in [4.78, 5) is 0. The van der Waals surface area contributed by atoms with Crippen molar-refractivity contribution in [1.82, 2.24) is 0 Å². The molecule has 0 heterocycles. The molecule has 0 saturated heterocycles. The summed E-state index contributed by atoms with van der Waals surface area (Å²) in [6.45, 7) is 3.83. The molecule has 1 rings (SSSR count). The fraction of sp³-hybridized carbons (Fsp3) is 0.636. The third kappa shape index (κ3) is 2.80. The molecule has 0 N–H and O–H groups in total. The average Bonchev–Trinajstić information content (AvgIpc) is 2.06. The van der Waals surface area contributed by atoms with Gasteiger partial charge in [0, 0.05) is 0 Å². The molecule has 0 nitrogen and oxygen atoms in total. The summed E-state index contributed by atoms with van der Waals surface area (Å²) >= 11 is 0. The Kier molecular flexibility index (Phi) is 3.23. The molecule has 0 amide bonds. The fourth-order valence-electron chi connectivity index (χ4n) is 1.80. The summed E-state index contributed by atoms with van der Waals surface area (Å²) in [5, 5.41) is 0. The molecule has 1 saturated carbocycles. The van der Waals surface area contributed by atoms with Crippen LogP contribution in [0.4, 0.5) is 0 Å². The Hall–Kier alpha value is -0.700. The van der Waals surface area contributed by atoms with E-state index in [1.54, 1.807) is 0 Å². The first kappa shape index (κ1) is 8.40. The van der Waals surface area contributed by atoms with Crippen LogP contribution in [0.25, 0.3) is 0 Å². The van der Waals surface area contributed by atoms with Crippen molar-refractivity contribution in [2.45, 2.75) is 38.5 Å². The Labute approximate surface area is 69.7 Å². The molecule has 0 heteroatoms. The number of allylic oxidation sites excluding steroid dienone is 1. The zero-order chi connectivity index (χ0) is 8.10. The molecule has 0 atom stereocenters. The van der Waals surface area contributed by atoms with Crippen LogP contribution in [0.3, 0.4) is 0 Å². The summed E-state index contributed by atoms with van der Waals surface area (Å²) in [7, 11) is 0. The Morgan fingerprint density at radius 3 is 2.55 bits per heavy atom. The van der Waals surface area contributed by atoms with Gasteiger partial charge in [0.05, 0.1) is 0 Å². The van der Waals surface area contributed by atoms with Crippen molar-refractivity contribution in [2.24, 2.45) is 5.92 Å². The van der Waals surface area contributed by atoms with Gasteiger partial charge in [0.15, 0.2) is 0 Å². The van der Waals surface area contributed by atoms with Crippen LogP contribution in [0.2, 0.25) is 0 Å². The van der Waals surface area contributed by atoms with Crippen molar-refractivity contribution < 1.29 is 0 Å². The van der Waals surface area contributed by atoms with E-state index < -0.39 is 0 Å². The van der Waals surface area contributed by atoms with E-state index in [1.165, 1.54) is 32.1 Å². The molecule has 0 unspecified atom stereocenters. The topological polar surface area (TPSA) is 0 Å². The van der Waals surface area contributed by atoms with Gasteiger partial charge in [-0.2, -0.15) is 0 Å². The third-order valence-corrected chi connectivity index (χ3v) is 2.46. The maximum absolute atomic E-state index is 5.24. The molecular formula is C11H16. The summed E-state index contributed by atoms with van der Waals surface area (Å²) in [5.41, 5.74) is 0.983. The van der Waals surface area contributed by atoms with Crippen LogP contribution in [0, 0.1) is 18.3 Å². The molecule has 0 spiro atoms. The van der Waals surface area contributed by atoms with Gasteiger partial charge < -0.3 is 0 Å². The van der Waals surface area contributed by atoms with Crippen molar-refractivity contribution in [3.05, 3.63) is 12.2 Å². The normalized spacial score (nSPS) is 19.2. The van der Waals surface area contributed by atoms with E-state index in [2.05, 4.69) is 12.5 Å². The van der Waals surface area contributed by atoms with Crippen molar-refractivity contribution in [2.75, 3.05) is 0 Å². The summed E-state index contributed by atoms with van der Waals surface area (Å²) in [6, 6.07) is 0. The highest BCUT2D eigenvalue weighted by Gasteiger charge is 2.13. The Morgan fingerprint density at radius 1 is 1.36 bits per heavy atom. The summed E-state index contributed by atoms with van der Waals surface area (Å²) in [6.07, 6.45) is 13.2. The van der Waals surface area contributed by atoms with Gasteiger partial charge >= 0.3 is 0 Å². The van der Waals surface area contributed by atoms with E-state index in [-0.39, 0.29) is 0 Å². The van der Waals surface area contributed by atoms with Gasteiger partial charge in [0.2, 0.25) is 0 Å². The first-order valence-electron chi connectivity index (χ1n) is 4.47. The molecule has 0 aromatic heterocycles. The van der Waals surface area contributed by atoms with Crippen molar-refractivity contribution in [3.63, 3.8) is 0 Å². The van der Waals surface area contributed by atoms with Gasteiger partial charge in [-0.15, -0.1) is 6.42 Å². The second kappa shape index (κ2) is 4.23. The van der Waals surface area contributed by atoms with E-state index >= 15 is 0 Å². The minimum Gasteiger partial charge on any atom is -0.115 e. The largest absolute Gasteiger partial charge is 0.115 e. The van der Waals surface area contributed by atoms with Crippen LogP contribution < -0.4 is 0 Å². The zero-order valence-electron chi connectivity index (χ0n) is 7.10.